The predicted octanol–water partition coefficient (Wildman–Crippen LogP) is 0.0357. The molecule has 1 aromatic heterocycles. The Balaban J connectivity index is 1.43. The van der Waals surface area contributed by atoms with Gasteiger partial charge in [0.25, 0.3) is 0 Å². The van der Waals surface area contributed by atoms with Crippen LogP contribution in [0.5, 0.6) is 5.75 Å². The van der Waals surface area contributed by atoms with Crippen molar-refractivity contribution >= 4 is 17.5 Å². The van der Waals surface area contributed by atoms with Gasteiger partial charge in [0.15, 0.2) is 11.6 Å². The monoisotopic (exact) mass is 440 g/mol. The number of hydrogen-bond acceptors (Lipinski definition) is 8. The van der Waals surface area contributed by atoms with E-state index in [1.54, 1.807) is 25.2 Å². The average molecular weight is 441 g/mol. The SMILES string of the molecule is COc1c(NC2CC(NC(=O)C3CC3)NC3NN(C)C(=O)C23)cccc1-c1ncn(C)n1. The summed E-state index contributed by atoms with van der Waals surface area (Å²) in [5, 5.41) is 15.9. The van der Waals surface area contributed by atoms with E-state index in [0.717, 1.165) is 24.1 Å². The number of methoxy groups -OCH3 is 1. The molecule has 4 atom stereocenters. The number of rotatable bonds is 6. The fourth-order valence-corrected chi connectivity index (χ4v) is 4.54. The van der Waals surface area contributed by atoms with Crippen LogP contribution in [0, 0.1) is 11.8 Å². The van der Waals surface area contributed by atoms with Crippen LogP contribution in [-0.4, -0.2) is 64.1 Å². The lowest BCUT2D eigenvalue weighted by Crippen LogP contribution is -2.63. The summed E-state index contributed by atoms with van der Waals surface area (Å²) in [4.78, 5) is 29.6. The van der Waals surface area contributed by atoms with Gasteiger partial charge in [-0.15, -0.1) is 0 Å². The van der Waals surface area contributed by atoms with Gasteiger partial charge in [0.1, 0.15) is 6.33 Å². The van der Waals surface area contributed by atoms with E-state index in [9.17, 15) is 9.59 Å². The fourth-order valence-electron chi connectivity index (χ4n) is 4.54. The number of piperidine rings is 1. The standard InChI is InChI=1S/C21H28N8O3/c1-28-10-22-18(26-28)12-5-4-6-13(17(12)32-3)23-14-9-15(25-20(30)11-7-8-11)24-19-16(14)21(31)29(2)27-19/h4-6,10-11,14-16,19,23-24,27H,7-9H2,1-3H3,(H,25,30). The minimum atomic E-state index is -0.338. The van der Waals surface area contributed by atoms with Crippen LogP contribution in [0.2, 0.25) is 0 Å². The smallest absolute Gasteiger partial charge is 0.244 e. The molecule has 3 fully saturated rings. The molecule has 32 heavy (non-hydrogen) atoms. The molecular formula is C21H28N8O3. The van der Waals surface area contributed by atoms with Crippen LogP contribution in [-0.2, 0) is 16.6 Å². The molecule has 2 aliphatic heterocycles. The zero-order valence-corrected chi connectivity index (χ0v) is 18.3. The molecule has 1 aromatic carbocycles. The number of nitrogens with one attached hydrogen (secondary N) is 4. The van der Waals surface area contributed by atoms with Gasteiger partial charge in [-0.2, -0.15) is 5.10 Å². The van der Waals surface area contributed by atoms with E-state index in [0.29, 0.717) is 18.0 Å². The molecule has 11 nitrogen and oxygen atoms in total. The second-order valence-electron chi connectivity index (χ2n) is 8.65. The molecule has 170 valence electrons. The van der Waals surface area contributed by atoms with Crippen molar-refractivity contribution in [3.05, 3.63) is 24.5 Å². The zero-order chi connectivity index (χ0) is 22.4. The Labute approximate surface area is 185 Å². The number of anilines is 1. The Kier molecular flexibility index (Phi) is 5.22. The normalized spacial score (nSPS) is 27.2. The third-order valence-corrected chi connectivity index (χ3v) is 6.28. The van der Waals surface area contributed by atoms with Gasteiger partial charge in [0.2, 0.25) is 11.8 Å². The summed E-state index contributed by atoms with van der Waals surface area (Å²) in [5.74, 6) is 1.01. The Morgan fingerprint density at radius 3 is 2.78 bits per heavy atom. The Hall–Kier alpha value is -3.18. The van der Waals surface area contributed by atoms with E-state index in [1.165, 1.54) is 5.01 Å². The van der Waals surface area contributed by atoms with Gasteiger partial charge in [-0.1, -0.05) is 6.07 Å². The molecule has 3 aliphatic rings. The molecule has 0 bridgehead atoms. The molecule has 1 saturated carbocycles. The summed E-state index contributed by atoms with van der Waals surface area (Å²) in [6, 6.07) is 5.50. The number of aryl methyl sites for hydroxylation is 1. The fraction of sp³-hybridized carbons (Fsp3) is 0.524. The van der Waals surface area contributed by atoms with E-state index in [4.69, 9.17) is 4.74 Å². The highest BCUT2D eigenvalue weighted by Crippen LogP contribution is 2.37. The summed E-state index contributed by atoms with van der Waals surface area (Å²) in [5.41, 5.74) is 4.67. The van der Waals surface area contributed by atoms with Crippen molar-refractivity contribution in [1.82, 2.24) is 35.8 Å². The van der Waals surface area contributed by atoms with Crippen LogP contribution < -0.4 is 26.1 Å². The summed E-state index contributed by atoms with van der Waals surface area (Å²) in [7, 11) is 5.13. The van der Waals surface area contributed by atoms with Gasteiger partial charge in [0.05, 0.1) is 36.6 Å². The highest BCUT2D eigenvalue weighted by Gasteiger charge is 2.49. The molecule has 2 amide bonds. The summed E-state index contributed by atoms with van der Waals surface area (Å²) < 4.78 is 7.36. The maximum Gasteiger partial charge on any atom is 0.244 e. The van der Waals surface area contributed by atoms with E-state index < -0.39 is 0 Å². The Bertz CT molecular complexity index is 1040. The number of fused-ring (bicyclic) bond motifs is 1. The van der Waals surface area contributed by atoms with Crippen molar-refractivity contribution in [2.75, 3.05) is 19.5 Å². The van der Waals surface area contributed by atoms with Gasteiger partial charge in [-0.3, -0.25) is 24.6 Å². The maximum atomic E-state index is 12.9. The molecule has 2 aromatic rings. The number of amides is 2. The molecule has 3 heterocycles. The number of para-hydroxylation sites is 1. The number of carbonyl (C=O) groups excluding carboxylic acids is 2. The van der Waals surface area contributed by atoms with E-state index in [2.05, 4.69) is 31.5 Å². The first-order chi connectivity index (χ1) is 15.4. The lowest BCUT2D eigenvalue weighted by molar-refractivity contribution is -0.131. The zero-order valence-electron chi connectivity index (χ0n) is 18.3. The molecular weight excluding hydrogens is 412 g/mol. The van der Waals surface area contributed by atoms with Crippen molar-refractivity contribution in [2.45, 2.75) is 37.6 Å². The second kappa shape index (κ2) is 8.06. The molecule has 0 spiro atoms. The topological polar surface area (TPSA) is 125 Å². The highest BCUT2D eigenvalue weighted by molar-refractivity contribution is 5.84. The number of benzene rings is 1. The average Bonchev–Trinajstić information content (AvgIpc) is 3.47. The number of ether oxygens (including phenoxy) is 1. The lowest BCUT2D eigenvalue weighted by atomic mass is 9.88. The van der Waals surface area contributed by atoms with Gasteiger partial charge in [-0.05, 0) is 25.0 Å². The quantitative estimate of drug-likeness (QED) is 0.496. The van der Waals surface area contributed by atoms with E-state index >= 15 is 0 Å². The maximum absolute atomic E-state index is 12.9. The predicted molar refractivity (Wildman–Crippen MR) is 116 cm³/mol. The first-order valence-electron chi connectivity index (χ1n) is 10.8. The van der Waals surface area contributed by atoms with E-state index in [1.807, 2.05) is 25.2 Å². The van der Waals surface area contributed by atoms with Crippen molar-refractivity contribution in [3.8, 4) is 17.1 Å². The molecule has 0 radical (unpaired) electrons. The molecule has 11 heteroatoms. The van der Waals surface area contributed by atoms with Crippen LogP contribution in [0.1, 0.15) is 19.3 Å². The number of aromatic nitrogens is 3. The third-order valence-electron chi connectivity index (χ3n) is 6.28. The van der Waals surface area contributed by atoms with Crippen LogP contribution in [0.25, 0.3) is 11.4 Å². The van der Waals surface area contributed by atoms with Gasteiger partial charge >= 0.3 is 0 Å². The van der Waals surface area contributed by atoms with Gasteiger partial charge < -0.3 is 15.4 Å². The first-order valence-corrected chi connectivity index (χ1v) is 10.8. The molecule has 5 rings (SSSR count). The Morgan fingerprint density at radius 2 is 2.09 bits per heavy atom. The lowest BCUT2D eigenvalue weighted by Gasteiger charge is -2.38. The number of hydrazine groups is 1. The van der Waals surface area contributed by atoms with Crippen molar-refractivity contribution in [2.24, 2.45) is 18.9 Å². The van der Waals surface area contributed by atoms with Crippen molar-refractivity contribution in [1.29, 1.82) is 0 Å². The highest BCUT2D eigenvalue weighted by atomic mass is 16.5. The molecule has 4 N–H and O–H groups in total. The second-order valence-corrected chi connectivity index (χ2v) is 8.65. The van der Waals surface area contributed by atoms with Gasteiger partial charge in [0, 0.05) is 32.5 Å². The summed E-state index contributed by atoms with van der Waals surface area (Å²) in [6.07, 6.45) is 3.54. The van der Waals surface area contributed by atoms with Crippen molar-refractivity contribution in [3.63, 3.8) is 0 Å². The van der Waals surface area contributed by atoms with E-state index in [-0.39, 0.29) is 42.0 Å². The van der Waals surface area contributed by atoms with Crippen LogP contribution >= 0.6 is 0 Å². The summed E-state index contributed by atoms with van der Waals surface area (Å²) in [6.45, 7) is 0. The van der Waals surface area contributed by atoms with Gasteiger partial charge in [-0.25, -0.2) is 10.4 Å². The first kappa shape index (κ1) is 20.7. The summed E-state index contributed by atoms with van der Waals surface area (Å²) >= 11 is 0. The molecule has 1 aliphatic carbocycles. The van der Waals surface area contributed by atoms with Crippen LogP contribution in [0.15, 0.2) is 24.5 Å². The minimum Gasteiger partial charge on any atom is -0.494 e. The van der Waals surface area contributed by atoms with Crippen LogP contribution in [0.3, 0.4) is 0 Å². The number of nitrogens with zero attached hydrogens (tertiary/aromatic N) is 4. The largest absolute Gasteiger partial charge is 0.494 e. The number of carbonyl (C=O) groups is 2. The molecule has 2 saturated heterocycles. The van der Waals surface area contributed by atoms with Crippen molar-refractivity contribution < 1.29 is 14.3 Å². The number of hydrogen-bond donors (Lipinski definition) is 4. The third kappa shape index (κ3) is 3.78. The molecule has 4 unspecified atom stereocenters. The minimum absolute atomic E-state index is 0.00603. The van der Waals surface area contributed by atoms with Crippen LogP contribution in [0.4, 0.5) is 5.69 Å². The Morgan fingerprint density at radius 1 is 1.28 bits per heavy atom.